The van der Waals surface area contributed by atoms with E-state index in [1.54, 1.807) is 29.2 Å². The van der Waals surface area contributed by atoms with Gasteiger partial charge in [0.15, 0.2) is 11.0 Å². The van der Waals surface area contributed by atoms with E-state index < -0.39 is 0 Å². The molecule has 1 amide bonds. The Kier molecular flexibility index (Phi) is 7.19. The van der Waals surface area contributed by atoms with Crippen molar-refractivity contribution in [3.8, 4) is 17.1 Å². The number of amides is 1. The molecular weight excluding hydrogens is 399 g/mol. The molecule has 0 atom stereocenters. The van der Waals surface area contributed by atoms with Gasteiger partial charge in [-0.25, -0.2) is 4.39 Å². The highest BCUT2D eigenvalue weighted by Gasteiger charge is 2.19. The monoisotopic (exact) mass is 422 g/mol. The first-order valence-corrected chi connectivity index (χ1v) is 10.4. The zero-order valence-corrected chi connectivity index (χ0v) is 17.6. The number of carbonyl (C=O) groups is 1. The Hall–Kier alpha value is -3.19. The second-order valence-corrected chi connectivity index (χ2v) is 7.59. The van der Waals surface area contributed by atoms with Crippen molar-refractivity contribution in [3.63, 3.8) is 0 Å². The van der Waals surface area contributed by atoms with Gasteiger partial charge < -0.3 is 4.90 Å². The van der Waals surface area contributed by atoms with Crippen LogP contribution < -0.4 is 0 Å². The molecule has 1 heterocycles. The van der Waals surface area contributed by atoms with E-state index in [0.29, 0.717) is 24.1 Å². The number of thioether (sulfide) groups is 1. The van der Waals surface area contributed by atoms with Crippen molar-refractivity contribution < 1.29 is 9.18 Å². The smallest absolute Gasteiger partial charge is 0.233 e. The van der Waals surface area contributed by atoms with Gasteiger partial charge in [-0.3, -0.25) is 9.36 Å². The van der Waals surface area contributed by atoms with Gasteiger partial charge in [0, 0.05) is 24.3 Å². The summed E-state index contributed by atoms with van der Waals surface area (Å²) in [4.78, 5) is 14.3. The molecular formula is C23H23FN4OS. The van der Waals surface area contributed by atoms with Crippen LogP contribution in [0.1, 0.15) is 5.56 Å². The van der Waals surface area contributed by atoms with Crippen LogP contribution in [0.25, 0.3) is 17.1 Å². The largest absolute Gasteiger partial charge is 0.335 e. The molecule has 0 N–H and O–H groups in total. The summed E-state index contributed by atoms with van der Waals surface area (Å²) in [6, 6.07) is 14.1. The van der Waals surface area contributed by atoms with Gasteiger partial charge in [0.2, 0.25) is 5.91 Å². The first-order chi connectivity index (χ1) is 14.5. The average Bonchev–Trinajstić information content (AvgIpc) is 3.17. The van der Waals surface area contributed by atoms with Crippen molar-refractivity contribution in [2.75, 3.05) is 18.8 Å². The van der Waals surface area contributed by atoms with Crippen LogP contribution >= 0.6 is 11.8 Å². The Balaban J connectivity index is 1.93. The number of hydrogen-bond donors (Lipinski definition) is 0. The van der Waals surface area contributed by atoms with Gasteiger partial charge in [-0.15, -0.1) is 23.4 Å². The van der Waals surface area contributed by atoms with Crippen molar-refractivity contribution >= 4 is 17.7 Å². The Morgan fingerprint density at radius 3 is 2.30 bits per heavy atom. The predicted molar refractivity (Wildman–Crippen MR) is 119 cm³/mol. The van der Waals surface area contributed by atoms with Gasteiger partial charge in [0.1, 0.15) is 5.82 Å². The van der Waals surface area contributed by atoms with Crippen molar-refractivity contribution in [1.29, 1.82) is 0 Å². The zero-order chi connectivity index (χ0) is 21.5. The molecule has 0 aliphatic heterocycles. The molecule has 0 spiro atoms. The van der Waals surface area contributed by atoms with Gasteiger partial charge in [-0.1, -0.05) is 41.6 Å². The second kappa shape index (κ2) is 10.0. The van der Waals surface area contributed by atoms with Crippen molar-refractivity contribution in [1.82, 2.24) is 19.7 Å². The van der Waals surface area contributed by atoms with Crippen LogP contribution in [-0.2, 0) is 4.79 Å². The average molecular weight is 423 g/mol. The Morgan fingerprint density at radius 2 is 1.70 bits per heavy atom. The third kappa shape index (κ3) is 5.04. The first-order valence-electron chi connectivity index (χ1n) is 9.44. The number of aryl methyl sites for hydroxylation is 1. The molecule has 1 aromatic heterocycles. The summed E-state index contributed by atoms with van der Waals surface area (Å²) in [7, 11) is 0. The quantitative estimate of drug-likeness (QED) is 0.371. The van der Waals surface area contributed by atoms with Gasteiger partial charge in [-0.05, 0) is 43.3 Å². The number of aromatic nitrogens is 3. The topological polar surface area (TPSA) is 51.0 Å². The van der Waals surface area contributed by atoms with Crippen LogP contribution in [0, 0.1) is 12.7 Å². The summed E-state index contributed by atoms with van der Waals surface area (Å²) in [6.45, 7) is 10.3. The van der Waals surface area contributed by atoms with E-state index in [9.17, 15) is 9.18 Å². The highest BCUT2D eigenvalue weighted by atomic mass is 32.2. The standard InChI is InChI=1S/C23H23FN4OS/c1-4-14-27(15-5-2)21(29)16-30-23-26-25-22(18-8-10-19(24)11-9-18)28(23)20-12-6-17(3)7-13-20/h4-13H,1-2,14-16H2,3H3. The molecule has 7 heteroatoms. The maximum absolute atomic E-state index is 13.4. The summed E-state index contributed by atoms with van der Waals surface area (Å²) in [6.07, 6.45) is 3.38. The molecule has 0 bridgehead atoms. The number of benzene rings is 2. The fourth-order valence-corrected chi connectivity index (χ4v) is 3.74. The number of hydrogen-bond acceptors (Lipinski definition) is 4. The highest BCUT2D eigenvalue weighted by molar-refractivity contribution is 7.99. The summed E-state index contributed by atoms with van der Waals surface area (Å²) in [5.41, 5.74) is 2.74. The lowest BCUT2D eigenvalue weighted by molar-refractivity contribution is -0.127. The molecule has 30 heavy (non-hydrogen) atoms. The molecule has 0 radical (unpaired) electrons. The van der Waals surface area contributed by atoms with Gasteiger partial charge in [0.05, 0.1) is 5.75 Å². The van der Waals surface area contributed by atoms with Crippen LogP contribution in [0.5, 0.6) is 0 Å². The second-order valence-electron chi connectivity index (χ2n) is 6.65. The molecule has 0 fully saturated rings. The SMILES string of the molecule is C=CCN(CC=C)C(=O)CSc1nnc(-c2ccc(F)cc2)n1-c1ccc(C)cc1. The van der Waals surface area contributed by atoms with Gasteiger partial charge in [-0.2, -0.15) is 0 Å². The molecule has 0 aliphatic carbocycles. The maximum atomic E-state index is 13.4. The minimum Gasteiger partial charge on any atom is -0.335 e. The number of carbonyl (C=O) groups excluding carboxylic acids is 1. The lowest BCUT2D eigenvalue weighted by Gasteiger charge is -2.19. The van der Waals surface area contributed by atoms with Crippen LogP contribution in [0.15, 0.2) is 79.0 Å². The zero-order valence-electron chi connectivity index (χ0n) is 16.8. The van der Waals surface area contributed by atoms with E-state index >= 15 is 0 Å². The molecule has 2 aromatic carbocycles. The van der Waals surface area contributed by atoms with E-state index in [2.05, 4.69) is 23.4 Å². The summed E-state index contributed by atoms with van der Waals surface area (Å²) in [5.74, 6) is 0.434. The minimum absolute atomic E-state index is 0.0402. The third-order valence-corrected chi connectivity index (χ3v) is 5.32. The lowest BCUT2D eigenvalue weighted by Crippen LogP contribution is -2.32. The van der Waals surface area contributed by atoms with E-state index in [1.165, 1.54) is 23.9 Å². The van der Waals surface area contributed by atoms with E-state index in [-0.39, 0.29) is 17.5 Å². The number of nitrogens with zero attached hydrogens (tertiary/aromatic N) is 4. The van der Waals surface area contributed by atoms with Crippen LogP contribution in [0.4, 0.5) is 4.39 Å². The molecule has 0 aliphatic rings. The maximum Gasteiger partial charge on any atom is 0.233 e. The predicted octanol–water partition coefficient (Wildman–Crippen LogP) is 4.67. The van der Waals surface area contributed by atoms with Crippen molar-refractivity contribution in [2.45, 2.75) is 12.1 Å². The summed E-state index contributed by atoms with van der Waals surface area (Å²) in [5, 5.41) is 9.22. The number of rotatable bonds is 9. The molecule has 154 valence electrons. The molecule has 0 saturated heterocycles. The Morgan fingerprint density at radius 1 is 1.07 bits per heavy atom. The first kappa shape index (κ1) is 21.5. The van der Waals surface area contributed by atoms with E-state index in [1.807, 2.05) is 35.8 Å². The summed E-state index contributed by atoms with van der Waals surface area (Å²) < 4.78 is 15.3. The normalized spacial score (nSPS) is 10.6. The third-order valence-electron chi connectivity index (χ3n) is 4.40. The molecule has 0 unspecified atom stereocenters. The van der Waals surface area contributed by atoms with Crippen LogP contribution in [-0.4, -0.2) is 44.4 Å². The van der Waals surface area contributed by atoms with E-state index in [0.717, 1.165) is 16.8 Å². The fourth-order valence-electron chi connectivity index (χ4n) is 2.88. The molecule has 0 saturated carbocycles. The van der Waals surface area contributed by atoms with Crippen LogP contribution in [0.2, 0.25) is 0 Å². The van der Waals surface area contributed by atoms with E-state index in [4.69, 9.17) is 0 Å². The van der Waals surface area contributed by atoms with Crippen molar-refractivity contribution in [3.05, 3.63) is 85.2 Å². The highest BCUT2D eigenvalue weighted by Crippen LogP contribution is 2.28. The van der Waals surface area contributed by atoms with Crippen LogP contribution in [0.3, 0.4) is 0 Å². The molecule has 5 nitrogen and oxygen atoms in total. The fraction of sp³-hybridized carbons (Fsp3) is 0.174. The Labute approximate surface area is 179 Å². The summed E-state index contributed by atoms with van der Waals surface area (Å²) >= 11 is 1.31. The van der Waals surface area contributed by atoms with Gasteiger partial charge >= 0.3 is 0 Å². The Bertz CT molecular complexity index is 1020. The minimum atomic E-state index is -0.315. The molecule has 3 rings (SSSR count). The van der Waals surface area contributed by atoms with Crippen molar-refractivity contribution in [2.24, 2.45) is 0 Å². The van der Waals surface area contributed by atoms with Gasteiger partial charge in [0.25, 0.3) is 0 Å². The number of halogens is 1. The lowest BCUT2D eigenvalue weighted by atomic mass is 10.2. The molecule has 3 aromatic rings.